The SMILES string of the molecule is COc1cc(C(=O)N2CCN(c3nc4nc(Cl)ccc4o3)CC2)ccc1-c1cn(CC(C)(C)C)nn1. The van der Waals surface area contributed by atoms with Crippen molar-refractivity contribution in [2.24, 2.45) is 5.41 Å². The number of amides is 1. The number of fused-ring (bicyclic) bond motifs is 1. The Bertz CT molecular complexity index is 1400. The van der Waals surface area contributed by atoms with Gasteiger partial charge in [0, 0.05) is 43.9 Å². The molecule has 1 aromatic carbocycles. The van der Waals surface area contributed by atoms with Crippen LogP contribution < -0.4 is 9.64 Å². The second kappa shape index (κ2) is 9.42. The van der Waals surface area contributed by atoms with Gasteiger partial charge in [-0.3, -0.25) is 9.48 Å². The van der Waals surface area contributed by atoms with Crippen molar-refractivity contribution in [3.05, 3.63) is 47.2 Å². The summed E-state index contributed by atoms with van der Waals surface area (Å²) >= 11 is 5.95. The van der Waals surface area contributed by atoms with Gasteiger partial charge in [0.2, 0.25) is 5.65 Å². The van der Waals surface area contributed by atoms with Crippen LogP contribution in [0, 0.1) is 5.41 Å². The number of piperazine rings is 1. The molecule has 1 aliphatic rings. The summed E-state index contributed by atoms with van der Waals surface area (Å²) in [6.45, 7) is 9.46. The van der Waals surface area contributed by atoms with Gasteiger partial charge >= 0.3 is 0 Å². The molecule has 188 valence electrons. The van der Waals surface area contributed by atoms with Crippen molar-refractivity contribution in [1.29, 1.82) is 0 Å². The molecule has 10 nitrogen and oxygen atoms in total. The number of carbonyl (C=O) groups excluding carboxylic acids is 1. The summed E-state index contributed by atoms with van der Waals surface area (Å²) in [4.78, 5) is 25.7. The lowest BCUT2D eigenvalue weighted by Crippen LogP contribution is -2.48. The average molecular weight is 510 g/mol. The van der Waals surface area contributed by atoms with Crippen LogP contribution in [0.15, 0.2) is 40.9 Å². The Balaban J connectivity index is 1.27. The third kappa shape index (κ3) is 4.99. The van der Waals surface area contributed by atoms with Gasteiger partial charge in [0.25, 0.3) is 11.9 Å². The molecule has 1 aliphatic heterocycles. The van der Waals surface area contributed by atoms with Gasteiger partial charge in [-0.1, -0.05) is 37.6 Å². The first-order valence-corrected chi connectivity index (χ1v) is 12.1. The summed E-state index contributed by atoms with van der Waals surface area (Å²) in [6, 6.07) is 9.35. The summed E-state index contributed by atoms with van der Waals surface area (Å²) in [5.74, 6) is 0.529. The molecule has 36 heavy (non-hydrogen) atoms. The Morgan fingerprint density at radius 1 is 1.11 bits per heavy atom. The molecule has 1 fully saturated rings. The Morgan fingerprint density at radius 2 is 1.89 bits per heavy atom. The van der Waals surface area contributed by atoms with Crippen LogP contribution in [0.25, 0.3) is 22.5 Å². The highest BCUT2D eigenvalue weighted by Gasteiger charge is 2.26. The van der Waals surface area contributed by atoms with Gasteiger partial charge in [-0.25, -0.2) is 4.98 Å². The highest BCUT2D eigenvalue weighted by Crippen LogP contribution is 2.31. The fourth-order valence-electron chi connectivity index (χ4n) is 4.22. The van der Waals surface area contributed by atoms with Crippen molar-refractivity contribution < 1.29 is 13.9 Å². The minimum absolute atomic E-state index is 0.0538. The van der Waals surface area contributed by atoms with E-state index in [0.717, 1.165) is 12.1 Å². The number of halogens is 1. The number of ether oxygens (including phenoxy) is 1. The lowest BCUT2D eigenvalue weighted by molar-refractivity contribution is 0.0744. The topological polar surface area (TPSA) is 102 Å². The van der Waals surface area contributed by atoms with Gasteiger partial charge in [0.1, 0.15) is 16.6 Å². The Kier molecular flexibility index (Phi) is 6.29. The molecule has 5 rings (SSSR count). The van der Waals surface area contributed by atoms with E-state index in [2.05, 4.69) is 41.1 Å². The number of anilines is 1. The van der Waals surface area contributed by atoms with E-state index in [4.69, 9.17) is 20.8 Å². The maximum absolute atomic E-state index is 13.3. The van der Waals surface area contributed by atoms with Crippen LogP contribution in [-0.4, -0.2) is 69.1 Å². The Labute approximate surface area is 213 Å². The zero-order valence-electron chi connectivity index (χ0n) is 20.7. The summed E-state index contributed by atoms with van der Waals surface area (Å²) in [5, 5.41) is 8.92. The summed E-state index contributed by atoms with van der Waals surface area (Å²) in [6.07, 6.45) is 1.90. The van der Waals surface area contributed by atoms with Crippen molar-refractivity contribution in [1.82, 2.24) is 29.9 Å². The molecule has 4 heterocycles. The molecule has 0 atom stereocenters. The van der Waals surface area contributed by atoms with E-state index in [1.807, 2.05) is 32.8 Å². The van der Waals surface area contributed by atoms with Crippen LogP contribution in [0.2, 0.25) is 5.15 Å². The zero-order chi connectivity index (χ0) is 25.4. The molecule has 0 N–H and O–H groups in total. The van der Waals surface area contributed by atoms with Gasteiger partial charge in [-0.05, 0) is 35.7 Å². The smallest absolute Gasteiger partial charge is 0.300 e. The largest absolute Gasteiger partial charge is 0.496 e. The monoisotopic (exact) mass is 509 g/mol. The van der Waals surface area contributed by atoms with Crippen LogP contribution >= 0.6 is 11.6 Å². The fourth-order valence-corrected chi connectivity index (χ4v) is 4.37. The normalized spacial score (nSPS) is 14.5. The van der Waals surface area contributed by atoms with Crippen LogP contribution in [0.3, 0.4) is 0 Å². The quantitative estimate of drug-likeness (QED) is 0.370. The van der Waals surface area contributed by atoms with Gasteiger partial charge in [0.05, 0.1) is 13.3 Å². The molecule has 0 bridgehead atoms. The molecule has 0 spiro atoms. The lowest BCUT2D eigenvalue weighted by atomic mass is 9.97. The van der Waals surface area contributed by atoms with E-state index in [1.54, 1.807) is 25.3 Å². The van der Waals surface area contributed by atoms with Crippen LogP contribution in [0.4, 0.5) is 6.01 Å². The minimum Gasteiger partial charge on any atom is -0.496 e. The Morgan fingerprint density at radius 3 is 2.61 bits per heavy atom. The van der Waals surface area contributed by atoms with E-state index < -0.39 is 0 Å². The van der Waals surface area contributed by atoms with Crippen molar-refractivity contribution in [2.45, 2.75) is 27.3 Å². The number of hydrogen-bond acceptors (Lipinski definition) is 8. The van der Waals surface area contributed by atoms with Crippen molar-refractivity contribution >= 4 is 34.8 Å². The highest BCUT2D eigenvalue weighted by molar-refractivity contribution is 6.29. The minimum atomic E-state index is -0.0538. The standard InChI is InChI=1S/C25H28ClN7O3/c1-25(2,3)15-33-14-18(29-30-33)17-6-5-16(13-20(17)35-4)23(34)31-9-11-32(12-10-31)24-28-22-19(36-24)7-8-21(26)27-22/h5-8,13-14H,9-12,15H2,1-4H3. The van der Waals surface area contributed by atoms with Gasteiger partial charge in [0.15, 0.2) is 5.58 Å². The Hall–Kier alpha value is -3.66. The van der Waals surface area contributed by atoms with Crippen molar-refractivity contribution in [2.75, 3.05) is 38.2 Å². The number of carbonyl (C=O) groups is 1. The third-order valence-electron chi connectivity index (χ3n) is 5.94. The molecule has 3 aromatic heterocycles. The molecular formula is C25H28ClN7O3. The molecule has 1 amide bonds. The van der Waals surface area contributed by atoms with Gasteiger partial charge < -0.3 is 19.0 Å². The maximum atomic E-state index is 13.3. The van der Waals surface area contributed by atoms with Crippen molar-refractivity contribution in [3.63, 3.8) is 0 Å². The number of aromatic nitrogens is 5. The molecule has 0 radical (unpaired) electrons. The highest BCUT2D eigenvalue weighted by atomic mass is 35.5. The number of nitrogens with zero attached hydrogens (tertiary/aromatic N) is 7. The molecule has 0 saturated carbocycles. The predicted octanol–water partition coefficient (Wildman–Crippen LogP) is 4.15. The van der Waals surface area contributed by atoms with Crippen LogP contribution in [0.5, 0.6) is 5.75 Å². The second-order valence-electron chi connectivity index (χ2n) is 10.0. The lowest BCUT2D eigenvalue weighted by Gasteiger charge is -2.33. The summed E-state index contributed by atoms with van der Waals surface area (Å²) < 4.78 is 13.3. The molecule has 0 unspecified atom stereocenters. The van der Waals surface area contributed by atoms with E-state index in [1.165, 1.54) is 0 Å². The molecular weight excluding hydrogens is 482 g/mol. The number of benzene rings is 1. The van der Waals surface area contributed by atoms with E-state index in [-0.39, 0.29) is 11.3 Å². The predicted molar refractivity (Wildman–Crippen MR) is 136 cm³/mol. The zero-order valence-corrected chi connectivity index (χ0v) is 21.5. The third-order valence-corrected chi connectivity index (χ3v) is 6.16. The van der Waals surface area contributed by atoms with Gasteiger partial charge in [-0.15, -0.1) is 5.10 Å². The maximum Gasteiger partial charge on any atom is 0.300 e. The van der Waals surface area contributed by atoms with E-state index in [9.17, 15) is 4.79 Å². The molecule has 1 saturated heterocycles. The van der Waals surface area contributed by atoms with Crippen molar-refractivity contribution in [3.8, 4) is 17.0 Å². The fraction of sp³-hybridized carbons (Fsp3) is 0.400. The van der Waals surface area contributed by atoms with Gasteiger partial charge in [-0.2, -0.15) is 4.98 Å². The molecule has 4 aromatic rings. The molecule has 11 heteroatoms. The summed E-state index contributed by atoms with van der Waals surface area (Å²) in [5.41, 5.74) is 3.20. The second-order valence-corrected chi connectivity index (χ2v) is 10.4. The summed E-state index contributed by atoms with van der Waals surface area (Å²) in [7, 11) is 1.59. The number of oxazole rings is 1. The van der Waals surface area contributed by atoms with E-state index in [0.29, 0.717) is 65.6 Å². The molecule has 0 aliphatic carbocycles. The van der Waals surface area contributed by atoms with Crippen LogP contribution in [-0.2, 0) is 6.54 Å². The number of methoxy groups -OCH3 is 1. The first-order chi connectivity index (χ1) is 17.2. The first-order valence-electron chi connectivity index (χ1n) is 11.8. The number of pyridine rings is 1. The van der Waals surface area contributed by atoms with E-state index >= 15 is 0 Å². The number of rotatable bonds is 5. The first kappa shape index (κ1) is 24.1. The number of hydrogen-bond donors (Lipinski definition) is 0. The van der Waals surface area contributed by atoms with Crippen LogP contribution in [0.1, 0.15) is 31.1 Å². The average Bonchev–Trinajstić information content (AvgIpc) is 3.48.